The minimum Gasteiger partial charge on any atom is -0.481 e. The second kappa shape index (κ2) is 6.50. The molecule has 0 bridgehead atoms. The van der Waals surface area contributed by atoms with E-state index in [1.54, 1.807) is 0 Å². The van der Waals surface area contributed by atoms with E-state index in [-0.39, 0.29) is 6.07 Å². The summed E-state index contributed by atoms with van der Waals surface area (Å²) in [6.45, 7) is -0.550. The Hall–Kier alpha value is -2.21. The SMILES string of the molecule is CN(CCC(=O)O)S(=O)(=O)c1ccc([N+](=O)[O-])cc1C(F)(F)F. The van der Waals surface area contributed by atoms with Gasteiger partial charge >= 0.3 is 12.1 Å². The van der Waals surface area contributed by atoms with E-state index in [1.165, 1.54) is 0 Å². The maximum Gasteiger partial charge on any atom is 0.417 e. The smallest absolute Gasteiger partial charge is 0.417 e. The van der Waals surface area contributed by atoms with Crippen LogP contribution in [-0.2, 0) is 21.0 Å². The first-order valence-corrected chi connectivity index (χ1v) is 7.35. The van der Waals surface area contributed by atoms with Gasteiger partial charge in [-0.15, -0.1) is 0 Å². The topological polar surface area (TPSA) is 118 Å². The van der Waals surface area contributed by atoms with E-state index in [0.29, 0.717) is 16.4 Å². The summed E-state index contributed by atoms with van der Waals surface area (Å²) < 4.78 is 63.8. The lowest BCUT2D eigenvalue weighted by Crippen LogP contribution is -2.31. The monoisotopic (exact) mass is 356 g/mol. The van der Waals surface area contributed by atoms with Crippen LogP contribution in [0.5, 0.6) is 0 Å². The zero-order chi connectivity index (χ0) is 18.0. The lowest BCUT2D eigenvalue weighted by atomic mass is 10.2. The van der Waals surface area contributed by atoms with Crippen molar-refractivity contribution in [2.24, 2.45) is 0 Å². The maximum atomic E-state index is 13.0. The van der Waals surface area contributed by atoms with Crippen LogP contribution in [0.1, 0.15) is 12.0 Å². The normalized spacial score (nSPS) is 12.4. The predicted molar refractivity (Wildman–Crippen MR) is 70.2 cm³/mol. The number of carboxylic acids is 1. The Balaban J connectivity index is 3.40. The van der Waals surface area contributed by atoms with Gasteiger partial charge in [0.2, 0.25) is 10.0 Å². The highest BCUT2D eigenvalue weighted by Crippen LogP contribution is 2.37. The summed E-state index contributed by atoms with van der Waals surface area (Å²) in [6.07, 6.45) is -5.74. The number of nitro benzene ring substituents is 1. The van der Waals surface area contributed by atoms with Gasteiger partial charge in [-0.3, -0.25) is 14.9 Å². The number of carbonyl (C=O) groups is 1. The van der Waals surface area contributed by atoms with Crippen LogP contribution in [0.4, 0.5) is 18.9 Å². The fraction of sp³-hybridized carbons (Fsp3) is 0.364. The zero-order valence-corrected chi connectivity index (χ0v) is 12.4. The van der Waals surface area contributed by atoms with E-state index < -0.39 is 56.2 Å². The van der Waals surface area contributed by atoms with Crippen LogP contribution in [0.3, 0.4) is 0 Å². The molecule has 0 aliphatic carbocycles. The number of alkyl halides is 3. The quantitative estimate of drug-likeness (QED) is 0.612. The molecular formula is C11H11F3N2O6S. The molecular weight excluding hydrogens is 345 g/mol. The zero-order valence-electron chi connectivity index (χ0n) is 11.6. The van der Waals surface area contributed by atoms with Crippen molar-refractivity contribution in [2.45, 2.75) is 17.5 Å². The van der Waals surface area contributed by atoms with Crippen LogP contribution in [0.2, 0.25) is 0 Å². The number of non-ortho nitro benzene ring substituents is 1. The van der Waals surface area contributed by atoms with Crippen LogP contribution in [0.25, 0.3) is 0 Å². The molecule has 23 heavy (non-hydrogen) atoms. The summed E-state index contributed by atoms with van der Waals surface area (Å²) in [4.78, 5) is 18.7. The lowest BCUT2D eigenvalue weighted by molar-refractivity contribution is -0.385. The van der Waals surface area contributed by atoms with Crippen molar-refractivity contribution >= 4 is 21.7 Å². The van der Waals surface area contributed by atoms with E-state index in [9.17, 15) is 36.5 Å². The van der Waals surface area contributed by atoms with Crippen molar-refractivity contribution in [3.05, 3.63) is 33.9 Å². The van der Waals surface area contributed by atoms with E-state index in [2.05, 4.69) is 0 Å². The molecule has 8 nitrogen and oxygen atoms in total. The van der Waals surface area contributed by atoms with Gasteiger partial charge < -0.3 is 5.11 Å². The Morgan fingerprint density at radius 2 is 1.96 bits per heavy atom. The first-order chi connectivity index (χ1) is 10.4. The number of nitro groups is 1. The molecule has 0 saturated heterocycles. The largest absolute Gasteiger partial charge is 0.481 e. The standard InChI is InChI=1S/C11H11F3N2O6S/c1-15(5-4-10(17)18)23(21,22)9-3-2-7(16(19)20)6-8(9)11(12,13)14/h2-3,6H,4-5H2,1H3,(H,17,18). The molecule has 1 aromatic rings. The van der Waals surface area contributed by atoms with Crippen LogP contribution < -0.4 is 0 Å². The number of nitrogens with zero attached hydrogens (tertiary/aromatic N) is 2. The van der Waals surface area contributed by atoms with Gasteiger partial charge in [0.1, 0.15) is 0 Å². The van der Waals surface area contributed by atoms with E-state index >= 15 is 0 Å². The fourth-order valence-corrected chi connectivity index (χ4v) is 2.98. The third-order valence-electron chi connectivity index (χ3n) is 2.81. The Morgan fingerprint density at radius 1 is 1.39 bits per heavy atom. The molecule has 0 amide bonds. The molecule has 0 aromatic heterocycles. The Labute approximate surface area is 128 Å². The molecule has 0 atom stereocenters. The number of rotatable bonds is 6. The number of hydrogen-bond donors (Lipinski definition) is 1. The van der Waals surface area contributed by atoms with Gasteiger partial charge in [0.05, 0.1) is 21.8 Å². The second-order valence-corrected chi connectivity index (χ2v) is 6.42. The first kappa shape index (κ1) is 18.8. The van der Waals surface area contributed by atoms with Crippen LogP contribution >= 0.6 is 0 Å². The van der Waals surface area contributed by atoms with Crippen molar-refractivity contribution in [3.63, 3.8) is 0 Å². The number of halogens is 3. The molecule has 0 heterocycles. The highest BCUT2D eigenvalue weighted by atomic mass is 32.2. The second-order valence-electron chi connectivity index (χ2n) is 4.41. The van der Waals surface area contributed by atoms with E-state index in [4.69, 9.17) is 5.11 Å². The molecule has 0 radical (unpaired) electrons. The fourth-order valence-electron chi connectivity index (χ4n) is 1.62. The summed E-state index contributed by atoms with van der Waals surface area (Å²) in [5, 5.41) is 19.1. The van der Waals surface area contributed by atoms with Crippen molar-refractivity contribution in [2.75, 3.05) is 13.6 Å². The van der Waals surface area contributed by atoms with E-state index in [0.717, 1.165) is 7.05 Å². The minimum atomic E-state index is -5.14. The summed E-state index contributed by atoms with van der Waals surface area (Å²) in [6, 6.07) is 1.23. The molecule has 0 aliphatic rings. The lowest BCUT2D eigenvalue weighted by Gasteiger charge is -2.19. The summed E-state index contributed by atoms with van der Waals surface area (Å²) in [5.74, 6) is -1.33. The third-order valence-corrected chi connectivity index (χ3v) is 4.72. The number of aliphatic carboxylic acids is 1. The molecule has 0 spiro atoms. The van der Waals surface area contributed by atoms with Crippen molar-refractivity contribution in [1.29, 1.82) is 0 Å². The van der Waals surface area contributed by atoms with Crippen molar-refractivity contribution in [1.82, 2.24) is 4.31 Å². The van der Waals surface area contributed by atoms with Crippen LogP contribution in [0, 0.1) is 10.1 Å². The molecule has 1 aromatic carbocycles. The molecule has 1 N–H and O–H groups in total. The minimum absolute atomic E-state index is 0.123. The Bertz CT molecular complexity index is 732. The van der Waals surface area contributed by atoms with E-state index in [1.807, 2.05) is 0 Å². The highest BCUT2D eigenvalue weighted by molar-refractivity contribution is 7.89. The van der Waals surface area contributed by atoms with Crippen LogP contribution in [0.15, 0.2) is 23.1 Å². The molecule has 0 saturated carbocycles. The van der Waals surface area contributed by atoms with Gasteiger partial charge in [-0.2, -0.15) is 13.2 Å². The summed E-state index contributed by atoms with van der Waals surface area (Å²) >= 11 is 0. The van der Waals surface area contributed by atoms with Gasteiger partial charge in [-0.1, -0.05) is 0 Å². The number of sulfonamides is 1. The predicted octanol–water partition coefficient (Wildman–Crippen LogP) is 1.71. The number of benzene rings is 1. The third kappa shape index (κ3) is 4.39. The summed E-state index contributed by atoms with van der Waals surface area (Å²) in [5.41, 5.74) is -2.60. The first-order valence-electron chi connectivity index (χ1n) is 5.91. The Morgan fingerprint density at radius 3 is 2.39 bits per heavy atom. The van der Waals surface area contributed by atoms with Gasteiger partial charge in [-0.25, -0.2) is 12.7 Å². The highest BCUT2D eigenvalue weighted by Gasteiger charge is 2.39. The van der Waals surface area contributed by atoms with Gasteiger partial charge in [0.25, 0.3) is 5.69 Å². The Kier molecular flexibility index (Phi) is 5.32. The number of carboxylic acid groups (broad SMARTS) is 1. The average Bonchev–Trinajstić information content (AvgIpc) is 2.42. The molecule has 0 unspecified atom stereocenters. The van der Waals surface area contributed by atoms with Gasteiger partial charge in [-0.05, 0) is 6.07 Å². The van der Waals surface area contributed by atoms with Gasteiger partial charge in [0, 0.05) is 25.7 Å². The summed E-state index contributed by atoms with van der Waals surface area (Å²) in [7, 11) is -3.75. The molecule has 0 fully saturated rings. The van der Waals surface area contributed by atoms with Gasteiger partial charge in [0.15, 0.2) is 0 Å². The maximum absolute atomic E-state index is 13.0. The number of hydrogen-bond acceptors (Lipinski definition) is 5. The molecule has 0 aliphatic heterocycles. The average molecular weight is 356 g/mol. The van der Waals surface area contributed by atoms with Crippen molar-refractivity contribution in [3.8, 4) is 0 Å². The molecule has 12 heteroatoms. The van der Waals surface area contributed by atoms with Crippen LogP contribution in [-0.4, -0.2) is 42.3 Å². The van der Waals surface area contributed by atoms with Crippen molar-refractivity contribution < 1.29 is 36.4 Å². The molecule has 128 valence electrons. The molecule has 1 rings (SSSR count).